The number of thiazole rings is 1. The third-order valence-electron chi connectivity index (χ3n) is 8.50. The van der Waals surface area contributed by atoms with Crippen molar-refractivity contribution in [3.63, 3.8) is 0 Å². The number of anilines is 3. The average Bonchev–Trinajstić information content (AvgIpc) is 3.67. The number of nitrogens with zero attached hydrogens (tertiary/aromatic N) is 2. The van der Waals surface area contributed by atoms with Crippen LogP contribution in [0, 0.1) is 6.92 Å². The summed E-state index contributed by atoms with van der Waals surface area (Å²) in [4.78, 5) is 7.38. The molecule has 0 atom stereocenters. The minimum absolute atomic E-state index is 0.882. The maximum Gasteiger partial charge on any atom is 0.137 e. The van der Waals surface area contributed by atoms with Crippen molar-refractivity contribution in [2.45, 2.75) is 6.92 Å². The largest absolute Gasteiger partial charge is 0.456 e. The van der Waals surface area contributed by atoms with Gasteiger partial charge in [-0.05, 0) is 77.2 Å². The molecule has 2 heterocycles. The van der Waals surface area contributed by atoms with Crippen molar-refractivity contribution in [2.24, 2.45) is 0 Å². The summed E-state index contributed by atoms with van der Waals surface area (Å²) in [5.41, 5.74) is 8.43. The zero-order valence-electron chi connectivity index (χ0n) is 24.0. The molecular formula is C40H26N2OS. The average molecular weight is 583 g/mol. The zero-order valence-corrected chi connectivity index (χ0v) is 24.8. The van der Waals surface area contributed by atoms with Crippen LogP contribution >= 0.6 is 11.3 Å². The maximum absolute atomic E-state index is 6.32. The topological polar surface area (TPSA) is 29.3 Å². The van der Waals surface area contributed by atoms with E-state index in [1.165, 1.54) is 31.8 Å². The number of furan rings is 1. The van der Waals surface area contributed by atoms with Crippen LogP contribution in [-0.2, 0) is 0 Å². The first kappa shape index (κ1) is 25.1. The van der Waals surface area contributed by atoms with Crippen LogP contribution < -0.4 is 4.90 Å². The van der Waals surface area contributed by atoms with Gasteiger partial charge in [-0.1, -0.05) is 84.9 Å². The standard InChI is InChI=1S/C40H26N2OS/c1-25-8-7-11-29(22-25)42(31-19-20-33-32-12-5-6-13-36(32)43-37(33)24-31)30-18-16-26-14-15-27-17-21-35-39(38(27)34(26)23-30)44-40(41-35)28-9-3-2-4-10-28/h2-24H,1H3. The number of fused-ring (bicyclic) bond motifs is 8. The Morgan fingerprint density at radius 3 is 2.20 bits per heavy atom. The predicted molar refractivity (Wildman–Crippen MR) is 187 cm³/mol. The zero-order chi connectivity index (χ0) is 29.2. The SMILES string of the molecule is Cc1cccc(N(c2ccc3c(c2)oc2ccccc23)c2ccc3ccc4ccc5nc(-c6ccccc6)sc5c4c3c2)c1. The van der Waals surface area contributed by atoms with Gasteiger partial charge in [0.25, 0.3) is 0 Å². The second-order valence-corrected chi connectivity index (χ2v) is 12.3. The predicted octanol–water partition coefficient (Wildman–Crippen LogP) is 11.9. The van der Waals surface area contributed by atoms with Gasteiger partial charge in [-0.2, -0.15) is 0 Å². The highest BCUT2D eigenvalue weighted by atomic mass is 32.1. The Morgan fingerprint density at radius 1 is 0.568 bits per heavy atom. The van der Waals surface area contributed by atoms with Crippen LogP contribution in [0.4, 0.5) is 17.1 Å². The molecule has 9 rings (SSSR count). The van der Waals surface area contributed by atoms with Gasteiger partial charge < -0.3 is 9.32 Å². The summed E-state index contributed by atoms with van der Waals surface area (Å²) in [6.07, 6.45) is 0. The lowest BCUT2D eigenvalue weighted by molar-refractivity contribution is 0.669. The number of hydrogen-bond donors (Lipinski definition) is 0. The van der Waals surface area contributed by atoms with Crippen LogP contribution in [0.15, 0.2) is 144 Å². The molecule has 0 amide bonds. The van der Waals surface area contributed by atoms with Crippen LogP contribution in [-0.4, -0.2) is 4.98 Å². The molecule has 0 saturated carbocycles. The molecule has 0 radical (unpaired) electrons. The quantitative estimate of drug-likeness (QED) is 0.193. The molecule has 0 spiro atoms. The molecule has 2 aromatic heterocycles. The smallest absolute Gasteiger partial charge is 0.137 e. The van der Waals surface area contributed by atoms with Gasteiger partial charge in [-0.3, -0.25) is 0 Å². The molecule has 4 heteroatoms. The van der Waals surface area contributed by atoms with Gasteiger partial charge >= 0.3 is 0 Å². The van der Waals surface area contributed by atoms with E-state index in [-0.39, 0.29) is 0 Å². The molecule has 9 aromatic rings. The molecule has 7 aromatic carbocycles. The fourth-order valence-electron chi connectivity index (χ4n) is 6.42. The Morgan fingerprint density at radius 2 is 1.30 bits per heavy atom. The van der Waals surface area contributed by atoms with Crippen molar-refractivity contribution in [1.29, 1.82) is 0 Å². The van der Waals surface area contributed by atoms with Crippen molar-refractivity contribution >= 4 is 82.1 Å². The lowest BCUT2D eigenvalue weighted by atomic mass is 10.0. The highest BCUT2D eigenvalue weighted by Gasteiger charge is 2.18. The molecule has 0 saturated heterocycles. The summed E-state index contributed by atoms with van der Waals surface area (Å²) in [5.74, 6) is 0. The Kier molecular flexibility index (Phi) is 5.59. The van der Waals surface area contributed by atoms with Gasteiger partial charge in [0.1, 0.15) is 16.2 Å². The molecule has 0 fully saturated rings. The molecule has 0 aliphatic carbocycles. The highest BCUT2D eigenvalue weighted by molar-refractivity contribution is 7.22. The number of rotatable bonds is 4. The van der Waals surface area contributed by atoms with Crippen LogP contribution in [0.3, 0.4) is 0 Å². The number of benzene rings is 7. The van der Waals surface area contributed by atoms with Crippen molar-refractivity contribution < 1.29 is 4.42 Å². The number of para-hydroxylation sites is 1. The minimum Gasteiger partial charge on any atom is -0.456 e. The fourth-order valence-corrected chi connectivity index (χ4v) is 7.56. The Hall–Kier alpha value is -5.45. The molecule has 0 bridgehead atoms. The van der Waals surface area contributed by atoms with E-state index in [1.54, 1.807) is 11.3 Å². The monoisotopic (exact) mass is 582 g/mol. The lowest BCUT2D eigenvalue weighted by Gasteiger charge is -2.26. The summed E-state index contributed by atoms with van der Waals surface area (Å²) >= 11 is 1.77. The minimum atomic E-state index is 0.882. The van der Waals surface area contributed by atoms with E-state index < -0.39 is 0 Å². The van der Waals surface area contributed by atoms with Gasteiger partial charge in [0.2, 0.25) is 0 Å². The summed E-state index contributed by atoms with van der Waals surface area (Å²) in [6, 6.07) is 49.5. The van der Waals surface area contributed by atoms with Crippen LogP contribution in [0.25, 0.3) is 64.3 Å². The van der Waals surface area contributed by atoms with Crippen molar-refractivity contribution in [1.82, 2.24) is 4.98 Å². The third kappa shape index (κ3) is 3.99. The Bertz CT molecular complexity index is 2530. The molecule has 44 heavy (non-hydrogen) atoms. The normalized spacial score (nSPS) is 11.8. The molecule has 208 valence electrons. The van der Waals surface area contributed by atoms with Gasteiger partial charge in [0, 0.05) is 44.9 Å². The lowest BCUT2D eigenvalue weighted by Crippen LogP contribution is -2.10. The third-order valence-corrected chi connectivity index (χ3v) is 9.64. The molecule has 0 aliphatic heterocycles. The molecule has 0 unspecified atom stereocenters. The van der Waals surface area contributed by atoms with E-state index in [2.05, 4.69) is 133 Å². The first-order valence-corrected chi connectivity index (χ1v) is 15.6. The Balaban J connectivity index is 1.29. The molecular weight excluding hydrogens is 557 g/mol. The van der Waals surface area contributed by atoms with Gasteiger partial charge in [-0.25, -0.2) is 4.98 Å². The van der Waals surface area contributed by atoms with E-state index in [4.69, 9.17) is 9.40 Å². The van der Waals surface area contributed by atoms with E-state index in [0.29, 0.717) is 0 Å². The number of aromatic nitrogens is 1. The van der Waals surface area contributed by atoms with Crippen LogP contribution in [0.1, 0.15) is 5.56 Å². The summed E-state index contributed by atoms with van der Waals surface area (Å²) in [6.45, 7) is 2.14. The Labute approximate surface area is 258 Å². The molecule has 0 aliphatic rings. The van der Waals surface area contributed by atoms with Crippen LogP contribution in [0.2, 0.25) is 0 Å². The van der Waals surface area contributed by atoms with Gasteiger partial charge in [-0.15, -0.1) is 11.3 Å². The van der Waals surface area contributed by atoms with Crippen molar-refractivity contribution in [2.75, 3.05) is 4.90 Å². The van der Waals surface area contributed by atoms with Crippen LogP contribution in [0.5, 0.6) is 0 Å². The fraction of sp³-hybridized carbons (Fsp3) is 0.0250. The highest BCUT2D eigenvalue weighted by Crippen LogP contribution is 2.43. The van der Waals surface area contributed by atoms with Gasteiger partial charge in [0.15, 0.2) is 0 Å². The molecule has 3 nitrogen and oxygen atoms in total. The van der Waals surface area contributed by atoms with E-state index in [9.17, 15) is 0 Å². The number of hydrogen-bond acceptors (Lipinski definition) is 4. The first-order valence-electron chi connectivity index (χ1n) is 14.8. The van der Waals surface area contributed by atoms with Crippen molar-refractivity contribution in [3.05, 3.63) is 145 Å². The van der Waals surface area contributed by atoms with E-state index >= 15 is 0 Å². The summed E-state index contributed by atoms with van der Waals surface area (Å²) < 4.78 is 7.54. The van der Waals surface area contributed by atoms with Gasteiger partial charge in [0.05, 0.1) is 10.2 Å². The maximum atomic E-state index is 6.32. The summed E-state index contributed by atoms with van der Waals surface area (Å²) in [7, 11) is 0. The first-order chi connectivity index (χ1) is 21.7. The second-order valence-electron chi connectivity index (χ2n) is 11.3. The van der Waals surface area contributed by atoms with E-state index in [0.717, 1.165) is 55.1 Å². The number of aryl methyl sites for hydroxylation is 1. The molecule has 0 N–H and O–H groups in total. The van der Waals surface area contributed by atoms with Crippen molar-refractivity contribution in [3.8, 4) is 10.6 Å². The second kappa shape index (κ2) is 9.80. The summed E-state index contributed by atoms with van der Waals surface area (Å²) in [5, 5.41) is 8.20. The van der Waals surface area contributed by atoms with E-state index in [1.807, 2.05) is 18.2 Å².